The first-order valence-electron chi connectivity index (χ1n) is 9.91. The molecular weight excluding hydrogens is 349 g/mol. The predicted molar refractivity (Wildman–Crippen MR) is 104 cm³/mol. The van der Waals surface area contributed by atoms with Crippen LogP contribution >= 0.6 is 7.14 Å². The molecule has 4 rings (SSSR count). The average Bonchev–Trinajstić information content (AvgIpc) is 2.68. The fourth-order valence-corrected chi connectivity index (χ4v) is 7.13. The summed E-state index contributed by atoms with van der Waals surface area (Å²) in [6, 6.07) is 4.74. The van der Waals surface area contributed by atoms with Crippen LogP contribution in [0.5, 0.6) is 11.5 Å². The molecule has 5 nitrogen and oxygen atoms in total. The van der Waals surface area contributed by atoms with E-state index in [2.05, 4.69) is 24.8 Å². The van der Waals surface area contributed by atoms with Crippen LogP contribution in [0.3, 0.4) is 0 Å². The van der Waals surface area contributed by atoms with Crippen LogP contribution in [0.15, 0.2) is 12.1 Å². The molecule has 3 aliphatic heterocycles. The molecule has 0 spiro atoms. The molecule has 0 radical (unpaired) electrons. The van der Waals surface area contributed by atoms with Gasteiger partial charge in [0.1, 0.15) is 20.4 Å². The SMILES string of the molecule is CC(C)c1ccc(P2(=O)CCN(C3CCOCC3)CC2)c2c1OCCO2. The summed E-state index contributed by atoms with van der Waals surface area (Å²) in [6.07, 6.45) is 3.67. The standard InChI is InChI=1S/C20H30NO4P/c1-15(2)17-3-4-18(20-19(17)24-11-12-25-20)26(22)13-7-21(8-14-26)16-5-9-23-10-6-16/h3-4,15-16H,5-14H2,1-2H3. The lowest BCUT2D eigenvalue weighted by molar-refractivity contribution is 0.0370. The van der Waals surface area contributed by atoms with Gasteiger partial charge in [0.25, 0.3) is 0 Å². The van der Waals surface area contributed by atoms with Gasteiger partial charge >= 0.3 is 0 Å². The van der Waals surface area contributed by atoms with E-state index in [9.17, 15) is 4.57 Å². The number of rotatable bonds is 3. The third kappa shape index (κ3) is 3.42. The van der Waals surface area contributed by atoms with E-state index in [0.717, 1.165) is 73.8 Å². The van der Waals surface area contributed by atoms with E-state index < -0.39 is 7.14 Å². The molecule has 26 heavy (non-hydrogen) atoms. The number of nitrogens with zero attached hydrogens (tertiary/aromatic N) is 1. The predicted octanol–water partition coefficient (Wildman–Crippen LogP) is 3.06. The van der Waals surface area contributed by atoms with Crippen LogP contribution in [-0.4, -0.2) is 62.8 Å². The van der Waals surface area contributed by atoms with E-state index in [4.69, 9.17) is 14.2 Å². The Hall–Kier alpha value is -1.03. The molecule has 1 aromatic carbocycles. The third-order valence-corrected chi connectivity index (χ3v) is 9.04. The number of benzene rings is 1. The summed E-state index contributed by atoms with van der Waals surface area (Å²) in [7, 11) is -2.44. The number of hydrogen-bond acceptors (Lipinski definition) is 5. The summed E-state index contributed by atoms with van der Waals surface area (Å²) in [6.45, 7) is 8.94. The monoisotopic (exact) mass is 379 g/mol. The van der Waals surface area contributed by atoms with Gasteiger partial charge in [0.05, 0.1) is 5.30 Å². The number of hydrogen-bond donors (Lipinski definition) is 0. The summed E-state index contributed by atoms with van der Waals surface area (Å²) < 4.78 is 31.2. The minimum atomic E-state index is -2.44. The molecule has 0 atom stereocenters. The first-order valence-corrected chi connectivity index (χ1v) is 12.0. The highest BCUT2D eigenvalue weighted by molar-refractivity contribution is 7.71. The molecule has 0 aromatic heterocycles. The van der Waals surface area contributed by atoms with Gasteiger partial charge in [-0.25, -0.2) is 0 Å². The zero-order valence-electron chi connectivity index (χ0n) is 15.9. The minimum absolute atomic E-state index is 0.357. The molecule has 3 heterocycles. The summed E-state index contributed by atoms with van der Waals surface area (Å²) >= 11 is 0. The highest BCUT2D eigenvalue weighted by atomic mass is 31.2. The van der Waals surface area contributed by atoms with E-state index in [1.54, 1.807) is 0 Å². The van der Waals surface area contributed by atoms with Gasteiger partial charge in [0.2, 0.25) is 0 Å². The van der Waals surface area contributed by atoms with Gasteiger partial charge in [-0.1, -0.05) is 19.9 Å². The lowest BCUT2D eigenvalue weighted by Gasteiger charge is -2.39. The Bertz CT molecular complexity index is 687. The van der Waals surface area contributed by atoms with Gasteiger partial charge in [-0.3, -0.25) is 4.90 Å². The molecule has 6 heteroatoms. The minimum Gasteiger partial charge on any atom is -0.486 e. The molecule has 0 amide bonds. The molecule has 144 valence electrons. The van der Waals surface area contributed by atoms with Crippen molar-refractivity contribution in [3.8, 4) is 11.5 Å². The topological polar surface area (TPSA) is 48.0 Å². The number of ether oxygens (including phenoxy) is 3. The highest BCUT2D eigenvalue weighted by Gasteiger charge is 2.37. The Morgan fingerprint density at radius 2 is 1.65 bits per heavy atom. The molecule has 3 aliphatic rings. The van der Waals surface area contributed by atoms with Gasteiger partial charge < -0.3 is 18.8 Å². The van der Waals surface area contributed by atoms with Crippen LogP contribution in [-0.2, 0) is 9.30 Å². The maximum Gasteiger partial charge on any atom is 0.172 e. The van der Waals surface area contributed by atoms with Crippen molar-refractivity contribution in [2.75, 3.05) is 51.8 Å². The fraction of sp³-hybridized carbons (Fsp3) is 0.700. The van der Waals surface area contributed by atoms with E-state index in [1.807, 2.05) is 6.07 Å². The van der Waals surface area contributed by atoms with E-state index in [-0.39, 0.29) is 0 Å². The van der Waals surface area contributed by atoms with Crippen molar-refractivity contribution in [3.63, 3.8) is 0 Å². The van der Waals surface area contributed by atoms with Crippen LogP contribution in [0.25, 0.3) is 0 Å². The van der Waals surface area contributed by atoms with Crippen molar-refractivity contribution in [2.45, 2.75) is 38.6 Å². The second-order valence-corrected chi connectivity index (χ2v) is 11.1. The zero-order valence-corrected chi connectivity index (χ0v) is 16.8. The van der Waals surface area contributed by atoms with E-state index in [1.165, 1.54) is 0 Å². The van der Waals surface area contributed by atoms with Gasteiger partial charge in [0.15, 0.2) is 11.5 Å². The largest absolute Gasteiger partial charge is 0.486 e. The molecule has 2 saturated heterocycles. The normalized spacial score (nSPS) is 24.0. The van der Waals surface area contributed by atoms with Crippen molar-refractivity contribution in [2.24, 2.45) is 0 Å². The first kappa shape index (κ1) is 18.3. The van der Waals surface area contributed by atoms with Crippen molar-refractivity contribution in [1.29, 1.82) is 0 Å². The second-order valence-electron chi connectivity index (χ2n) is 7.90. The maximum absolute atomic E-state index is 13.8. The first-order chi connectivity index (χ1) is 12.6. The lowest BCUT2D eigenvalue weighted by atomic mass is 10.0. The van der Waals surface area contributed by atoms with Crippen LogP contribution in [0.2, 0.25) is 0 Å². The Morgan fingerprint density at radius 1 is 1.00 bits per heavy atom. The zero-order chi connectivity index (χ0) is 18.1. The summed E-state index contributed by atoms with van der Waals surface area (Å²) in [5.41, 5.74) is 1.15. The maximum atomic E-state index is 13.8. The number of fused-ring (bicyclic) bond motifs is 1. The van der Waals surface area contributed by atoms with Crippen LogP contribution < -0.4 is 14.8 Å². The van der Waals surface area contributed by atoms with Crippen LogP contribution in [0.1, 0.15) is 38.2 Å². The molecule has 0 unspecified atom stereocenters. The third-order valence-electron chi connectivity index (χ3n) is 5.96. The molecule has 0 N–H and O–H groups in total. The van der Waals surface area contributed by atoms with E-state index in [0.29, 0.717) is 25.2 Å². The molecule has 0 aliphatic carbocycles. The molecule has 0 bridgehead atoms. The molecule has 2 fully saturated rings. The average molecular weight is 379 g/mol. The lowest BCUT2D eigenvalue weighted by Crippen LogP contribution is -2.46. The summed E-state index contributed by atoms with van der Waals surface area (Å²) in [5, 5.41) is 0.906. The molecule has 0 saturated carbocycles. The van der Waals surface area contributed by atoms with Crippen LogP contribution in [0.4, 0.5) is 0 Å². The smallest absolute Gasteiger partial charge is 0.172 e. The van der Waals surface area contributed by atoms with Crippen molar-refractivity contribution < 1.29 is 18.8 Å². The highest BCUT2D eigenvalue weighted by Crippen LogP contribution is 2.52. The molecular formula is C20H30NO4P. The summed E-state index contributed by atoms with van der Waals surface area (Å²) in [4.78, 5) is 2.52. The second kappa shape index (κ2) is 7.53. The van der Waals surface area contributed by atoms with Crippen molar-refractivity contribution in [3.05, 3.63) is 17.7 Å². The Morgan fingerprint density at radius 3 is 2.31 bits per heavy atom. The van der Waals surface area contributed by atoms with Gasteiger partial charge in [0, 0.05) is 50.2 Å². The molecule has 1 aromatic rings. The Kier molecular flexibility index (Phi) is 5.31. The van der Waals surface area contributed by atoms with E-state index >= 15 is 0 Å². The quantitative estimate of drug-likeness (QED) is 0.756. The van der Waals surface area contributed by atoms with Crippen LogP contribution in [0, 0.1) is 0 Å². The van der Waals surface area contributed by atoms with Gasteiger partial charge in [-0.15, -0.1) is 0 Å². The summed E-state index contributed by atoms with van der Waals surface area (Å²) in [5.74, 6) is 1.94. The Labute approximate surface area is 156 Å². The van der Waals surface area contributed by atoms with Gasteiger partial charge in [-0.05, 0) is 24.8 Å². The Balaban J connectivity index is 1.57. The van der Waals surface area contributed by atoms with Crippen molar-refractivity contribution >= 4 is 12.4 Å². The van der Waals surface area contributed by atoms with Crippen molar-refractivity contribution in [1.82, 2.24) is 4.90 Å². The van der Waals surface area contributed by atoms with Gasteiger partial charge in [-0.2, -0.15) is 0 Å². The fourth-order valence-electron chi connectivity index (χ4n) is 4.38.